The molecule has 0 heterocycles. The van der Waals surface area contributed by atoms with Gasteiger partial charge < -0.3 is 16.8 Å². The highest BCUT2D eigenvalue weighted by molar-refractivity contribution is 7.92. The molecule has 0 aliphatic carbocycles. The molecule has 32 heteroatoms. The van der Waals surface area contributed by atoms with Crippen molar-refractivity contribution in [1.82, 2.24) is 5.32 Å². The van der Waals surface area contributed by atoms with E-state index in [1.807, 2.05) is 0 Å². The van der Waals surface area contributed by atoms with Crippen LogP contribution in [0, 0.1) is 0 Å². The van der Waals surface area contributed by atoms with Crippen LogP contribution in [0.2, 0.25) is 0 Å². The number of hydrogen-bond acceptors (Lipinski definition) is 21. The zero-order valence-corrected chi connectivity index (χ0v) is 33.1. The number of nitrogens with zero attached hydrogens (tertiary/aromatic N) is 4. The number of hydrogen-bond donors (Lipinski definition) is 7. The lowest BCUT2D eigenvalue weighted by Crippen LogP contribution is -2.30. The number of benzene rings is 3. The van der Waals surface area contributed by atoms with Gasteiger partial charge in [-0.05, 0) is 42.5 Å². The van der Waals surface area contributed by atoms with Crippen LogP contribution in [0.4, 0.5) is 34.1 Å². The Balaban J connectivity index is 1.94. The zero-order chi connectivity index (χ0) is 43.2. The van der Waals surface area contributed by atoms with E-state index in [1.54, 1.807) is 0 Å². The molecule has 3 aromatic rings. The molecule has 314 valence electrons. The first kappa shape index (κ1) is 46.8. The monoisotopic (exact) mass is 923 g/mol. The molecule has 3 aromatic carbocycles. The number of carbonyl (C=O) groups is 1. The predicted octanol–water partition coefficient (Wildman–Crippen LogP) is 0.732. The molecule has 0 spiro atoms. The average Bonchev–Trinajstić information content (AvgIpc) is 3.05. The first-order chi connectivity index (χ1) is 26.0. The Labute approximate surface area is 324 Å². The lowest BCUT2D eigenvalue weighted by molar-refractivity contribution is 0.0956. The highest BCUT2D eigenvalue weighted by Crippen LogP contribution is 2.43. The molecule has 0 radical (unpaired) electrons. The molecule has 0 aliphatic rings. The van der Waals surface area contributed by atoms with Crippen molar-refractivity contribution in [3.8, 4) is 0 Å². The quantitative estimate of drug-likeness (QED) is 0.0495. The van der Waals surface area contributed by atoms with E-state index < -0.39 is 147 Å². The van der Waals surface area contributed by atoms with Gasteiger partial charge in [0, 0.05) is 12.1 Å². The summed E-state index contributed by atoms with van der Waals surface area (Å²) in [7, 11) is -28.8. The smallest absolute Gasteiger partial charge is 0.396 e. The number of carbonyl (C=O) groups excluding carboxylic acids is 1. The first-order valence-electron chi connectivity index (χ1n) is 14.7. The van der Waals surface area contributed by atoms with Gasteiger partial charge in [0.05, 0.1) is 52.4 Å². The zero-order valence-electron chi connectivity index (χ0n) is 28.2. The van der Waals surface area contributed by atoms with Crippen LogP contribution in [0.15, 0.2) is 83.7 Å². The van der Waals surface area contributed by atoms with Gasteiger partial charge in [-0.3, -0.25) is 23.0 Å². The first-order valence-corrected chi connectivity index (χ1v) is 23.8. The van der Waals surface area contributed by atoms with Gasteiger partial charge in [0.2, 0.25) is 0 Å². The number of rotatable bonds is 19. The molecule has 0 aromatic heterocycles. The highest BCUT2D eigenvalue weighted by Gasteiger charge is 2.25. The van der Waals surface area contributed by atoms with Crippen LogP contribution in [0.1, 0.15) is 10.4 Å². The molecule has 1 amide bonds. The van der Waals surface area contributed by atoms with E-state index in [1.165, 1.54) is 18.2 Å². The van der Waals surface area contributed by atoms with Crippen LogP contribution < -0.4 is 16.8 Å². The van der Waals surface area contributed by atoms with Gasteiger partial charge in [-0.25, -0.2) is 25.2 Å². The van der Waals surface area contributed by atoms with Crippen LogP contribution in [0.3, 0.4) is 0 Å². The summed E-state index contributed by atoms with van der Waals surface area (Å²) in [6.45, 7) is -2.37. The van der Waals surface area contributed by atoms with Gasteiger partial charge >= 0.3 is 20.8 Å². The number of anilines is 2. The summed E-state index contributed by atoms with van der Waals surface area (Å²) < 4.78 is 185. The van der Waals surface area contributed by atoms with Gasteiger partial charge in [0.15, 0.2) is 19.7 Å². The Kier molecular flexibility index (Phi) is 14.7. The summed E-state index contributed by atoms with van der Waals surface area (Å²) in [5.41, 5.74) is 8.26. The van der Waals surface area contributed by atoms with Crippen molar-refractivity contribution in [2.24, 2.45) is 20.5 Å². The maximum Gasteiger partial charge on any atom is 0.397 e. The summed E-state index contributed by atoms with van der Waals surface area (Å²) in [6.07, 6.45) is 0. The Morgan fingerprint density at radius 3 is 1.79 bits per heavy atom. The van der Waals surface area contributed by atoms with E-state index in [0.29, 0.717) is 18.2 Å². The third-order valence-electron chi connectivity index (χ3n) is 6.71. The SMILES string of the molecule is Nc1c(/N=N/c2cccc(C(=O)NCCS(=O)(=O)CCOS(=O)(=O)O)c2)cc(S(=O)(=O)O)c(N)c1/N=N/c1ccc(S(=O)(=O)CCOS(=O)(=O)O)cc1S(=O)(=O)O. The molecule has 9 N–H and O–H groups in total. The van der Waals surface area contributed by atoms with Gasteiger partial charge in [-0.15, -0.1) is 15.3 Å². The van der Waals surface area contributed by atoms with Crippen molar-refractivity contribution >= 4 is 101 Å². The van der Waals surface area contributed by atoms with E-state index >= 15 is 0 Å². The van der Waals surface area contributed by atoms with Crippen molar-refractivity contribution in [3.63, 3.8) is 0 Å². The van der Waals surface area contributed by atoms with E-state index in [0.717, 1.165) is 12.1 Å². The van der Waals surface area contributed by atoms with Crippen LogP contribution in [-0.2, 0) is 69.1 Å². The molecule has 26 nitrogen and oxygen atoms in total. The average molecular weight is 924 g/mol. The molecule has 0 bridgehead atoms. The molecule has 0 saturated heterocycles. The maximum absolute atomic E-state index is 12.6. The topological polar surface area (TPSA) is 435 Å². The highest BCUT2D eigenvalue weighted by atomic mass is 32.3. The Morgan fingerprint density at radius 1 is 0.632 bits per heavy atom. The third-order valence-corrected chi connectivity index (χ3v) is 12.7. The number of amides is 1. The fourth-order valence-corrected chi connectivity index (χ4v) is 8.35. The second kappa shape index (κ2) is 17.9. The van der Waals surface area contributed by atoms with Crippen molar-refractivity contribution in [3.05, 3.63) is 54.1 Å². The molecular weight excluding hydrogens is 895 g/mol. The number of nitrogens with one attached hydrogen (secondary N) is 1. The fraction of sp³-hybridized carbons (Fsp3) is 0.240. The van der Waals surface area contributed by atoms with Crippen LogP contribution in [0.5, 0.6) is 0 Å². The van der Waals surface area contributed by atoms with Crippen LogP contribution in [0.25, 0.3) is 0 Å². The molecule has 57 heavy (non-hydrogen) atoms. The molecule has 0 fully saturated rings. The largest absolute Gasteiger partial charge is 0.397 e. The van der Waals surface area contributed by atoms with Crippen LogP contribution in [-0.4, -0.2) is 112 Å². The number of nitrogens with two attached hydrogens (primary N) is 2. The van der Waals surface area contributed by atoms with Gasteiger partial charge in [0.1, 0.15) is 26.9 Å². The Hall–Kier alpha value is -4.61. The van der Waals surface area contributed by atoms with E-state index in [-0.39, 0.29) is 11.3 Å². The standard InChI is InChI=1S/C25H29N7O19S6/c26-22-19(31-29-16-3-1-2-15(12-16)25(33)28-6-9-52(34,35)10-7-50-56(44,45)46)14-21(55(41,42)43)23(27)24(22)32-30-18-5-4-17(13-20(18)54(38,39)40)53(36,37)11-8-51-57(47,48)49/h1-5,12-14H,6-11,26-27H2,(H,28,33)(H,38,39,40)(H,41,42,43)(H,44,45,46)(H,47,48,49)/b31-29+,32-30+. The summed E-state index contributed by atoms with van der Waals surface area (Å²) >= 11 is 0. The molecule has 0 aliphatic heterocycles. The lowest BCUT2D eigenvalue weighted by Gasteiger charge is -2.11. The fourth-order valence-electron chi connectivity index (χ4n) is 4.13. The van der Waals surface area contributed by atoms with Crippen molar-refractivity contribution in [1.29, 1.82) is 0 Å². The minimum Gasteiger partial charge on any atom is -0.396 e. The van der Waals surface area contributed by atoms with Crippen molar-refractivity contribution < 1.29 is 81.9 Å². The van der Waals surface area contributed by atoms with Gasteiger partial charge in [-0.1, -0.05) is 6.07 Å². The minimum atomic E-state index is -5.30. The van der Waals surface area contributed by atoms with Crippen LogP contribution >= 0.6 is 0 Å². The second-order valence-electron chi connectivity index (χ2n) is 10.8. The predicted molar refractivity (Wildman–Crippen MR) is 194 cm³/mol. The minimum absolute atomic E-state index is 0.0807. The number of sulfone groups is 2. The third kappa shape index (κ3) is 14.4. The normalized spacial score (nSPS) is 13.3. The van der Waals surface area contributed by atoms with E-state index in [2.05, 4.69) is 34.1 Å². The lowest BCUT2D eigenvalue weighted by atomic mass is 10.2. The molecule has 3 rings (SSSR count). The summed E-state index contributed by atoms with van der Waals surface area (Å²) in [5.74, 6) is -3.32. The molecular formula is C25H29N7O19S6. The number of azo groups is 2. The van der Waals surface area contributed by atoms with E-state index in [9.17, 15) is 64.4 Å². The Morgan fingerprint density at radius 2 is 1.21 bits per heavy atom. The maximum atomic E-state index is 12.6. The molecule has 0 saturated carbocycles. The van der Waals surface area contributed by atoms with Gasteiger partial charge in [-0.2, -0.15) is 38.8 Å². The van der Waals surface area contributed by atoms with Crippen molar-refractivity contribution in [2.45, 2.75) is 14.7 Å². The Bertz CT molecular complexity index is 2790. The van der Waals surface area contributed by atoms with E-state index in [4.69, 9.17) is 20.6 Å². The number of nitrogen functional groups attached to an aromatic ring is 2. The molecule has 0 unspecified atom stereocenters. The van der Waals surface area contributed by atoms with Crippen molar-refractivity contribution in [2.75, 3.05) is 48.5 Å². The summed E-state index contributed by atoms with van der Waals surface area (Å²) in [4.78, 5) is 9.61. The van der Waals surface area contributed by atoms with Gasteiger partial charge in [0.25, 0.3) is 26.1 Å². The summed E-state index contributed by atoms with van der Waals surface area (Å²) in [6, 6.07) is 7.61. The summed E-state index contributed by atoms with van der Waals surface area (Å²) in [5, 5.41) is 17.2. The second-order valence-corrected chi connectivity index (χ2v) is 20.2. The molecule has 0 atom stereocenters.